The topological polar surface area (TPSA) is 38.0 Å². The molecule has 0 spiro atoms. The van der Waals surface area contributed by atoms with Gasteiger partial charge in [-0.15, -0.1) is 0 Å². The van der Waals surface area contributed by atoms with Crippen LogP contribution in [0, 0.1) is 13.8 Å². The summed E-state index contributed by atoms with van der Waals surface area (Å²) in [5, 5.41) is 14.2. The maximum absolute atomic E-state index is 9.12. The van der Waals surface area contributed by atoms with Gasteiger partial charge in [0.15, 0.2) is 0 Å². The number of benzene rings is 1. The largest absolute Gasteiger partial charge is 0.392 e. The minimum Gasteiger partial charge on any atom is -0.392 e. The maximum Gasteiger partial charge on any atom is 0.0715 e. The summed E-state index contributed by atoms with van der Waals surface area (Å²) >= 11 is 6.05. The molecular weight excluding hydrogens is 224 g/mol. The highest BCUT2D eigenvalue weighted by atomic mass is 35.5. The third kappa shape index (κ3) is 1.84. The Morgan fingerprint density at radius 3 is 2.75 bits per heavy atom. The lowest BCUT2D eigenvalue weighted by Crippen LogP contribution is -1.98. The van der Waals surface area contributed by atoms with Gasteiger partial charge in [0.25, 0.3) is 0 Å². The van der Waals surface area contributed by atoms with Gasteiger partial charge in [0.2, 0.25) is 0 Å². The summed E-state index contributed by atoms with van der Waals surface area (Å²) < 4.78 is 1.75. The van der Waals surface area contributed by atoms with Gasteiger partial charge in [0.1, 0.15) is 0 Å². The molecule has 0 atom stereocenters. The summed E-state index contributed by atoms with van der Waals surface area (Å²) in [6.45, 7) is 3.83. The van der Waals surface area contributed by atoms with Crippen LogP contribution in [0.3, 0.4) is 0 Å². The first-order valence-electron chi connectivity index (χ1n) is 5.05. The van der Waals surface area contributed by atoms with Crippen molar-refractivity contribution in [3.05, 3.63) is 46.2 Å². The molecule has 1 aromatic carbocycles. The first-order valence-corrected chi connectivity index (χ1v) is 5.42. The zero-order valence-electron chi connectivity index (χ0n) is 9.24. The predicted octanol–water partition coefficient (Wildman–Crippen LogP) is 2.63. The molecular formula is C12H13ClN2O. The van der Waals surface area contributed by atoms with Crippen LogP contribution in [0.1, 0.15) is 16.8 Å². The minimum atomic E-state index is 0.00540. The standard InChI is InChI=1S/C12H13ClN2O/c1-8-11(13)4-3-5-12(8)15-6-10(7-16)9(2)14-15/h3-6,16H,7H2,1-2H3. The highest BCUT2D eigenvalue weighted by Crippen LogP contribution is 2.22. The SMILES string of the molecule is Cc1nn(-c2cccc(Cl)c2C)cc1CO. The monoisotopic (exact) mass is 236 g/mol. The molecule has 0 saturated carbocycles. The van der Waals surface area contributed by atoms with Crippen LogP contribution in [0.15, 0.2) is 24.4 Å². The molecule has 16 heavy (non-hydrogen) atoms. The normalized spacial score (nSPS) is 10.8. The van der Waals surface area contributed by atoms with Gasteiger partial charge in [0, 0.05) is 16.8 Å². The Bertz CT molecular complexity index is 520. The number of nitrogens with zero attached hydrogens (tertiary/aromatic N) is 2. The fourth-order valence-corrected chi connectivity index (χ4v) is 1.79. The molecule has 0 aliphatic rings. The molecule has 2 rings (SSSR count). The van der Waals surface area contributed by atoms with Gasteiger partial charge in [-0.3, -0.25) is 0 Å². The summed E-state index contributed by atoms with van der Waals surface area (Å²) in [6, 6.07) is 5.69. The second-order valence-corrected chi connectivity index (χ2v) is 4.13. The number of aliphatic hydroxyl groups excluding tert-OH is 1. The van der Waals surface area contributed by atoms with Crippen LogP contribution in [0.4, 0.5) is 0 Å². The van der Waals surface area contributed by atoms with Crippen molar-refractivity contribution >= 4 is 11.6 Å². The smallest absolute Gasteiger partial charge is 0.0715 e. The highest BCUT2D eigenvalue weighted by Gasteiger charge is 2.08. The van der Waals surface area contributed by atoms with Crippen LogP contribution in [0.5, 0.6) is 0 Å². The minimum absolute atomic E-state index is 0.00540. The lowest BCUT2D eigenvalue weighted by Gasteiger charge is -2.06. The summed E-state index contributed by atoms with van der Waals surface area (Å²) in [5.74, 6) is 0. The van der Waals surface area contributed by atoms with Crippen LogP contribution in [-0.4, -0.2) is 14.9 Å². The van der Waals surface area contributed by atoms with Crippen molar-refractivity contribution in [2.45, 2.75) is 20.5 Å². The first-order chi connectivity index (χ1) is 7.63. The summed E-state index contributed by atoms with van der Waals surface area (Å²) in [7, 11) is 0. The van der Waals surface area contributed by atoms with Gasteiger partial charge < -0.3 is 5.11 Å². The van der Waals surface area contributed by atoms with Crippen molar-refractivity contribution in [1.29, 1.82) is 0 Å². The number of aromatic nitrogens is 2. The Kier molecular flexibility index (Phi) is 2.99. The third-order valence-corrected chi connectivity index (χ3v) is 3.07. The predicted molar refractivity (Wildman–Crippen MR) is 64.0 cm³/mol. The zero-order valence-corrected chi connectivity index (χ0v) is 9.99. The highest BCUT2D eigenvalue weighted by molar-refractivity contribution is 6.31. The molecule has 0 aliphatic carbocycles. The lowest BCUT2D eigenvalue weighted by atomic mass is 10.2. The first kappa shape index (κ1) is 11.2. The third-order valence-electron chi connectivity index (χ3n) is 2.66. The Morgan fingerprint density at radius 1 is 1.38 bits per heavy atom. The average molecular weight is 237 g/mol. The van der Waals surface area contributed by atoms with Crippen LogP contribution in [-0.2, 0) is 6.61 Å². The molecule has 0 bridgehead atoms. The molecule has 1 aromatic heterocycles. The molecule has 0 unspecified atom stereocenters. The zero-order chi connectivity index (χ0) is 11.7. The van der Waals surface area contributed by atoms with Crippen LogP contribution < -0.4 is 0 Å². The van der Waals surface area contributed by atoms with E-state index in [1.165, 1.54) is 0 Å². The van der Waals surface area contributed by atoms with E-state index in [4.69, 9.17) is 16.7 Å². The van der Waals surface area contributed by atoms with Crippen molar-refractivity contribution in [2.24, 2.45) is 0 Å². The van der Waals surface area contributed by atoms with Crippen molar-refractivity contribution in [3.8, 4) is 5.69 Å². The van der Waals surface area contributed by atoms with E-state index in [1.807, 2.05) is 38.2 Å². The van der Waals surface area contributed by atoms with Crippen molar-refractivity contribution < 1.29 is 5.11 Å². The number of halogens is 1. The Hall–Kier alpha value is -1.32. The van der Waals surface area contributed by atoms with Gasteiger partial charge in [-0.05, 0) is 31.5 Å². The Balaban J connectivity index is 2.54. The van der Waals surface area contributed by atoms with E-state index in [1.54, 1.807) is 4.68 Å². The fraction of sp³-hybridized carbons (Fsp3) is 0.250. The molecule has 0 saturated heterocycles. The molecule has 2 aromatic rings. The van der Waals surface area contributed by atoms with Gasteiger partial charge in [0.05, 0.1) is 18.0 Å². The van der Waals surface area contributed by atoms with E-state index < -0.39 is 0 Å². The van der Waals surface area contributed by atoms with E-state index in [0.717, 1.165) is 27.5 Å². The molecule has 1 heterocycles. The second-order valence-electron chi connectivity index (χ2n) is 3.73. The average Bonchev–Trinajstić information content (AvgIpc) is 2.63. The molecule has 4 heteroatoms. The van der Waals surface area contributed by atoms with Crippen LogP contribution >= 0.6 is 11.6 Å². The van der Waals surface area contributed by atoms with Crippen LogP contribution in [0.2, 0.25) is 5.02 Å². The molecule has 0 fully saturated rings. The quantitative estimate of drug-likeness (QED) is 0.871. The van der Waals surface area contributed by atoms with Crippen molar-refractivity contribution in [1.82, 2.24) is 9.78 Å². The van der Waals surface area contributed by atoms with Gasteiger partial charge >= 0.3 is 0 Å². The maximum atomic E-state index is 9.12. The molecule has 1 N–H and O–H groups in total. The fourth-order valence-electron chi connectivity index (χ4n) is 1.62. The summed E-state index contributed by atoms with van der Waals surface area (Å²) in [4.78, 5) is 0. The van der Waals surface area contributed by atoms with E-state index >= 15 is 0 Å². The number of hydrogen-bond donors (Lipinski definition) is 1. The molecule has 3 nitrogen and oxygen atoms in total. The molecule has 0 amide bonds. The Morgan fingerprint density at radius 2 is 2.12 bits per heavy atom. The van der Waals surface area contributed by atoms with Crippen molar-refractivity contribution in [3.63, 3.8) is 0 Å². The van der Waals surface area contributed by atoms with E-state index in [0.29, 0.717) is 0 Å². The second kappa shape index (κ2) is 4.28. The number of hydrogen-bond acceptors (Lipinski definition) is 2. The summed E-state index contributed by atoms with van der Waals surface area (Å²) in [6.07, 6.45) is 1.83. The molecule has 0 radical (unpaired) electrons. The van der Waals surface area contributed by atoms with Crippen LogP contribution in [0.25, 0.3) is 5.69 Å². The summed E-state index contributed by atoms with van der Waals surface area (Å²) in [5.41, 5.74) is 3.59. The molecule has 84 valence electrons. The van der Waals surface area contributed by atoms with Gasteiger partial charge in [-0.25, -0.2) is 4.68 Å². The lowest BCUT2D eigenvalue weighted by molar-refractivity contribution is 0.281. The Labute approximate surface area is 99.3 Å². The van der Waals surface area contributed by atoms with E-state index in [2.05, 4.69) is 5.10 Å². The van der Waals surface area contributed by atoms with E-state index in [-0.39, 0.29) is 6.61 Å². The number of aliphatic hydroxyl groups is 1. The van der Waals surface area contributed by atoms with E-state index in [9.17, 15) is 0 Å². The van der Waals surface area contributed by atoms with Gasteiger partial charge in [-0.1, -0.05) is 17.7 Å². The number of rotatable bonds is 2. The molecule has 0 aliphatic heterocycles. The van der Waals surface area contributed by atoms with Gasteiger partial charge in [-0.2, -0.15) is 5.10 Å². The van der Waals surface area contributed by atoms with Crippen molar-refractivity contribution in [2.75, 3.05) is 0 Å². The number of aryl methyl sites for hydroxylation is 1.